The molecule has 0 saturated carbocycles. The summed E-state index contributed by atoms with van der Waals surface area (Å²) in [6, 6.07) is 3.05. The van der Waals surface area contributed by atoms with Gasteiger partial charge in [-0.15, -0.1) is 0 Å². The van der Waals surface area contributed by atoms with Crippen LogP contribution in [0.1, 0.15) is 21.5 Å². The van der Waals surface area contributed by atoms with Gasteiger partial charge in [-0.2, -0.15) is 18.4 Å². The summed E-state index contributed by atoms with van der Waals surface area (Å²) >= 11 is 5.86. The Morgan fingerprint density at radius 2 is 2.10 bits per heavy atom. The van der Waals surface area contributed by atoms with Gasteiger partial charge in [0.15, 0.2) is 5.82 Å². The summed E-state index contributed by atoms with van der Waals surface area (Å²) in [5.74, 6) is -1.89. The van der Waals surface area contributed by atoms with Gasteiger partial charge in [-0.25, -0.2) is 9.78 Å². The van der Waals surface area contributed by atoms with Crippen LogP contribution in [-0.2, 0) is 6.18 Å². The van der Waals surface area contributed by atoms with Gasteiger partial charge in [0.1, 0.15) is 11.1 Å². The highest BCUT2D eigenvalue weighted by molar-refractivity contribution is 6.33. The Bertz CT molecular complexity index is 762. The smallest absolute Gasteiger partial charge is 0.418 e. The average Bonchev–Trinajstić information content (AvgIpc) is 2.84. The highest BCUT2D eigenvalue weighted by atomic mass is 35.5. The van der Waals surface area contributed by atoms with E-state index in [-0.39, 0.29) is 16.4 Å². The number of hydrogen-bond donors (Lipinski definition) is 1. The number of alkyl halides is 3. The summed E-state index contributed by atoms with van der Waals surface area (Å²) in [4.78, 5) is 14.7. The lowest BCUT2D eigenvalue weighted by Gasteiger charge is -2.06. The van der Waals surface area contributed by atoms with E-state index in [0.717, 1.165) is 10.8 Å². The SMILES string of the molecule is N#Cc1ccnc(-n2cc(C(=O)O)c(C(F)(F)F)c2)c1Cl. The zero-order chi connectivity index (χ0) is 15.8. The van der Waals surface area contributed by atoms with Crippen LogP contribution < -0.4 is 0 Å². The molecule has 0 aromatic carbocycles. The molecule has 0 radical (unpaired) electrons. The fourth-order valence-corrected chi connectivity index (χ4v) is 1.92. The van der Waals surface area contributed by atoms with Gasteiger partial charge in [0.25, 0.3) is 0 Å². The topological polar surface area (TPSA) is 78.9 Å². The maximum absolute atomic E-state index is 12.8. The third-order valence-electron chi connectivity index (χ3n) is 2.60. The van der Waals surface area contributed by atoms with Crippen molar-refractivity contribution in [2.24, 2.45) is 0 Å². The number of pyridine rings is 1. The first kappa shape index (κ1) is 14.9. The fourth-order valence-electron chi connectivity index (χ4n) is 1.67. The van der Waals surface area contributed by atoms with Gasteiger partial charge in [0, 0.05) is 18.6 Å². The molecule has 0 aliphatic heterocycles. The summed E-state index contributed by atoms with van der Waals surface area (Å²) in [6.07, 6.45) is -2.33. The number of aromatic nitrogens is 2. The zero-order valence-electron chi connectivity index (χ0n) is 10.0. The number of nitriles is 1. The number of halogens is 4. The van der Waals surface area contributed by atoms with E-state index < -0.39 is 23.3 Å². The average molecular weight is 316 g/mol. The fraction of sp³-hybridized carbons (Fsp3) is 0.0833. The number of nitrogens with zero attached hydrogens (tertiary/aromatic N) is 3. The van der Waals surface area contributed by atoms with Crippen LogP contribution in [0.5, 0.6) is 0 Å². The van der Waals surface area contributed by atoms with Crippen molar-refractivity contribution in [3.05, 3.63) is 46.4 Å². The molecule has 5 nitrogen and oxygen atoms in total. The molecule has 9 heteroatoms. The first-order valence-electron chi connectivity index (χ1n) is 5.33. The van der Waals surface area contributed by atoms with E-state index in [4.69, 9.17) is 22.0 Å². The second kappa shape index (κ2) is 5.10. The standard InChI is InChI=1S/C12H5ClF3N3O2/c13-9-6(3-17)1-2-18-10(9)19-4-7(11(20)21)8(5-19)12(14,15)16/h1-2,4-5H,(H,20,21). The van der Waals surface area contributed by atoms with E-state index in [2.05, 4.69) is 4.98 Å². The minimum Gasteiger partial charge on any atom is -0.478 e. The lowest BCUT2D eigenvalue weighted by atomic mass is 10.2. The molecular formula is C12H5ClF3N3O2. The Labute approximate surface area is 120 Å². The van der Waals surface area contributed by atoms with Crippen LogP contribution in [0.25, 0.3) is 5.82 Å². The van der Waals surface area contributed by atoms with Crippen molar-refractivity contribution in [1.82, 2.24) is 9.55 Å². The molecule has 0 fully saturated rings. The molecule has 2 rings (SSSR count). The Kier molecular flexibility index (Phi) is 3.61. The van der Waals surface area contributed by atoms with Crippen molar-refractivity contribution < 1.29 is 23.1 Å². The summed E-state index contributed by atoms with van der Waals surface area (Å²) in [5.41, 5.74) is -2.24. The van der Waals surface area contributed by atoms with E-state index in [1.54, 1.807) is 6.07 Å². The molecule has 0 amide bonds. The predicted molar refractivity (Wildman–Crippen MR) is 65.3 cm³/mol. The van der Waals surface area contributed by atoms with Gasteiger partial charge >= 0.3 is 12.1 Å². The van der Waals surface area contributed by atoms with E-state index >= 15 is 0 Å². The summed E-state index contributed by atoms with van der Waals surface area (Å²) in [5, 5.41) is 17.5. The quantitative estimate of drug-likeness (QED) is 0.923. The number of carbonyl (C=O) groups is 1. The minimum atomic E-state index is -4.84. The molecule has 0 saturated heterocycles. The first-order chi connectivity index (χ1) is 9.75. The summed E-state index contributed by atoms with van der Waals surface area (Å²) < 4.78 is 39.2. The minimum absolute atomic E-state index is 0.0146. The van der Waals surface area contributed by atoms with Crippen molar-refractivity contribution in [3.63, 3.8) is 0 Å². The lowest BCUT2D eigenvalue weighted by Crippen LogP contribution is -2.09. The molecule has 108 valence electrons. The number of hydrogen-bond acceptors (Lipinski definition) is 3. The van der Waals surface area contributed by atoms with Crippen LogP contribution in [0.4, 0.5) is 13.2 Å². The van der Waals surface area contributed by atoms with Crippen LogP contribution in [-0.4, -0.2) is 20.6 Å². The number of carboxylic acid groups (broad SMARTS) is 1. The molecule has 21 heavy (non-hydrogen) atoms. The molecule has 0 aliphatic carbocycles. The van der Waals surface area contributed by atoms with Gasteiger partial charge < -0.3 is 9.67 Å². The van der Waals surface area contributed by atoms with Gasteiger partial charge in [0.05, 0.1) is 16.7 Å². The molecule has 0 spiro atoms. The molecule has 0 atom stereocenters. The normalized spacial score (nSPS) is 11.2. The van der Waals surface area contributed by atoms with Gasteiger partial charge in [0.2, 0.25) is 0 Å². The van der Waals surface area contributed by atoms with Crippen LogP contribution in [0.2, 0.25) is 5.02 Å². The molecule has 0 bridgehead atoms. The monoisotopic (exact) mass is 315 g/mol. The van der Waals surface area contributed by atoms with Crippen LogP contribution in [0.3, 0.4) is 0 Å². The lowest BCUT2D eigenvalue weighted by molar-refractivity contribution is -0.138. The largest absolute Gasteiger partial charge is 0.478 e. The van der Waals surface area contributed by atoms with Crippen molar-refractivity contribution in [3.8, 4) is 11.9 Å². The molecular weight excluding hydrogens is 311 g/mol. The van der Waals surface area contributed by atoms with Crippen LogP contribution in [0.15, 0.2) is 24.7 Å². The Morgan fingerprint density at radius 1 is 1.43 bits per heavy atom. The van der Waals surface area contributed by atoms with E-state index in [1.165, 1.54) is 12.3 Å². The first-order valence-corrected chi connectivity index (χ1v) is 5.71. The third-order valence-corrected chi connectivity index (χ3v) is 2.97. The number of aromatic carboxylic acids is 1. The second-order valence-corrected chi connectivity index (χ2v) is 4.28. The predicted octanol–water partition coefficient (Wildman–Crippen LogP) is 3.11. The Morgan fingerprint density at radius 3 is 2.57 bits per heavy atom. The van der Waals surface area contributed by atoms with E-state index in [1.807, 2.05) is 0 Å². The van der Waals surface area contributed by atoms with Crippen LogP contribution >= 0.6 is 11.6 Å². The molecule has 2 heterocycles. The van der Waals surface area contributed by atoms with Crippen molar-refractivity contribution in [1.29, 1.82) is 5.26 Å². The van der Waals surface area contributed by atoms with Crippen molar-refractivity contribution in [2.45, 2.75) is 6.18 Å². The van der Waals surface area contributed by atoms with Crippen molar-refractivity contribution >= 4 is 17.6 Å². The zero-order valence-corrected chi connectivity index (χ0v) is 10.8. The van der Waals surface area contributed by atoms with E-state index in [0.29, 0.717) is 6.20 Å². The molecule has 1 N–H and O–H groups in total. The summed E-state index contributed by atoms with van der Waals surface area (Å²) in [7, 11) is 0. The van der Waals surface area contributed by atoms with Gasteiger partial charge in [-0.05, 0) is 6.07 Å². The third kappa shape index (κ3) is 2.68. The highest BCUT2D eigenvalue weighted by Gasteiger charge is 2.37. The number of rotatable bonds is 2. The highest BCUT2D eigenvalue weighted by Crippen LogP contribution is 2.34. The maximum atomic E-state index is 12.8. The molecule has 2 aromatic heterocycles. The molecule has 0 unspecified atom stereocenters. The molecule has 0 aliphatic rings. The Balaban J connectivity index is 2.68. The van der Waals surface area contributed by atoms with Gasteiger partial charge in [-0.3, -0.25) is 0 Å². The van der Waals surface area contributed by atoms with E-state index in [9.17, 15) is 18.0 Å². The number of carboxylic acids is 1. The maximum Gasteiger partial charge on any atom is 0.418 e. The van der Waals surface area contributed by atoms with Gasteiger partial charge in [-0.1, -0.05) is 11.6 Å². The van der Waals surface area contributed by atoms with Crippen molar-refractivity contribution in [2.75, 3.05) is 0 Å². The second-order valence-electron chi connectivity index (χ2n) is 3.90. The summed E-state index contributed by atoms with van der Waals surface area (Å²) in [6.45, 7) is 0. The van der Waals surface area contributed by atoms with Crippen LogP contribution in [0, 0.1) is 11.3 Å². The molecule has 2 aromatic rings. The Hall–Kier alpha value is -2.53.